The van der Waals surface area contributed by atoms with Crippen LogP contribution in [0.3, 0.4) is 0 Å². The summed E-state index contributed by atoms with van der Waals surface area (Å²) in [6, 6.07) is 11.4. The van der Waals surface area contributed by atoms with Gasteiger partial charge in [-0.15, -0.1) is 0 Å². The monoisotopic (exact) mass is 369 g/mol. The van der Waals surface area contributed by atoms with Crippen LogP contribution in [0.1, 0.15) is 39.2 Å². The molecule has 1 aromatic carbocycles. The standard InChI is InChI=1S/C20H27N5O2/c1-20(2,3)14-4-6-16(7-5-14)22-19-17(25(26)27)8-9-18(23-19)24-12-10-15(21)11-13-24/h4-9,15H,10-13,21H2,1-3H3,(H,22,23). The minimum atomic E-state index is -0.408. The summed E-state index contributed by atoms with van der Waals surface area (Å²) in [4.78, 5) is 17.7. The number of pyridine rings is 1. The number of aromatic nitrogens is 1. The predicted octanol–water partition coefficient (Wildman–Crippen LogP) is 3.96. The number of hydrogen-bond acceptors (Lipinski definition) is 6. The fourth-order valence-corrected chi connectivity index (χ4v) is 3.18. The third-order valence-corrected chi connectivity index (χ3v) is 4.93. The van der Waals surface area contributed by atoms with E-state index in [0.29, 0.717) is 0 Å². The van der Waals surface area contributed by atoms with Gasteiger partial charge >= 0.3 is 5.69 Å². The van der Waals surface area contributed by atoms with Gasteiger partial charge in [0.15, 0.2) is 0 Å². The largest absolute Gasteiger partial charge is 0.356 e. The normalized spacial score (nSPS) is 15.6. The van der Waals surface area contributed by atoms with Gasteiger partial charge in [-0.1, -0.05) is 32.9 Å². The van der Waals surface area contributed by atoms with Crippen LogP contribution in [0.4, 0.5) is 23.0 Å². The lowest BCUT2D eigenvalue weighted by atomic mass is 9.87. The van der Waals surface area contributed by atoms with E-state index in [1.54, 1.807) is 6.07 Å². The number of benzene rings is 1. The Morgan fingerprint density at radius 3 is 2.33 bits per heavy atom. The van der Waals surface area contributed by atoms with Crippen LogP contribution in [0.2, 0.25) is 0 Å². The van der Waals surface area contributed by atoms with Crippen molar-refractivity contribution in [1.29, 1.82) is 0 Å². The van der Waals surface area contributed by atoms with Gasteiger partial charge in [-0.05, 0) is 42.0 Å². The zero-order valence-corrected chi connectivity index (χ0v) is 16.1. The molecule has 0 atom stereocenters. The molecule has 0 saturated carbocycles. The molecule has 0 bridgehead atoms. The van der Waals surface area contributed by atoms with Crippen LogP contribution in [0, 0.1) is 10.1 Å². The molecule has 2 heterocycles. The summed E-state index contributed by atoms with van der Waals surface area (Å²) >= 11 is 0. The van der Waals surface area contributed by atoms with E-state index in [9.17, 15) is 10.1 Å². The van der Waals surface area contributed by atoms with Crippen LogP contribution < -0.4 is 16.0 Å². The number of nitrogens with zero attached hydrogens (tertiary/aromatic N) is 3. The summed E-state index contributed by atoms with van der Waals surface area (Å²) in [6.45, 7) is 8.07. The second-order valence-electron chi connectivity index (χ2n) is 8.07. The molecule has 0 radical (unpaired) electrons. The van der Waals surface area contributed by atoms with Crippen molar-refractivity contribution in [2.24, 2.45) is 5.73 Å². The molecule has 1 aromatic heterocycles. The van der Waals surface area contributed by atoms with Gasteiger partial charge < -0.3 is 16.0 Å². The van der Waals surface area contributed by atoms with E-state index in [1.807, 2.05) is 24.3 Å². The van der Waals surface area contributed by atoms with E-state index in [2.05, 4.69) is 36.0 Å². The predicted molar refractivity (Wildman–Crippen MR) is 109 cm³/mol. The molecular weight excluding hydrogens is 342 g/mol. The van der Waals surface area contributed by atoms with Crippen molar-refractivity contribution in [1.82, 2.24) is 4.98 Å². The van der Waals surface area contributed by atoms with Crippen LogP contribution in [0.5, 0.6) is 0 Å². The summed E-state index contributed by atoms with van der Waals surface area (Å²) in [5.74, 6) is 0.997. The molecule has 1 saturated heterocycles. The highest BCUT2D eigenvalue weighted by Crippen LogP contribution is 2.30. The number of hydrogen-bond donors (Lipinski definition) is 2. The van der Waals surface area contributed by atoms with E-state index < -0.39 is 4.92 Å². The Hall–Kier alpha value is -2.67. The molecule has 3 rings (SSSR count). The second kappa shape index (κ2) is 7.52. The number of rotatable bonds is 4. The molecule has 1 aliphatic rings. The van der Waals surface area contributed by atoms with Crippen molar-refractivity contribution in [2.45, 2.75) is 45.1 Å². The van der Waals surface area contributed by atoms with Crippen molar-refractivity contribution < 1.29 is 4.92 Å². The van der Waals surface area contributed by atoms with Crippen molar-refractivity contribution >= 4 is 23.0 Å². The first kappa shape index (κ1) is 19.1. The molecule has 1 aliphatic heterocycles. The summed E-state index contributed by atoms with van der Waals surface area (Å²) in [7, 11) is 0. The molecule has 144 valence electrons. The van der Waals surface area contributed by atoms with Crippen LogP contribution in [0.15, 0.2) is 36.4 Å². The van der Waals surface area contributed by atoms with Gasteiger partial charge in [-0.25, -0.2) is 4.98 Å². The van der Waals surface area contributed by atoms with Crippen LogP contribution in [0.25, 0.3) is 0 Å². The quantitative estimate of drug-likeness (QED) is 0.625. The van der Waals surface area contributed by atoms with Crippen LogP contribution in [-0.2, 0) is 5.41 Å². The Morgan fingerprint density at radius 1 is 1.15 bits per heavy atom. The molecule has 0 aliphatic carbocycles. The highest BCUT2D eigenvalue weighted by Gasteiger charge is 2.22. The molecule has 3 N–H and O–H groups in total. The Bertz CT molecular complexity index is 806. The van der Waals surface area contributed by atoms with Crippen LogP contribution in [-0.4, -0.2) is 29.0 Å². The molecule has 0 unspecified atom stereocenters. The number of nitrogens with one attached hydrogen (secondary N) is 1. The average molecular weight is 369 g/mol. The topological polar surface area (TPSA) is 97.3 Å². The van der Waals surface area contributed by atoms with Gasteiger partial charge in [-0.2, -0.15) is 0 Å². The summed E-state index contributed by atoms with van der Waals surface area (Å²) in [5.41, 5.74) is 7.96. The number of nitrogens with two attached hydrogens (primary N) is 1. The van der Waals surface area contributed by atoms with Crippen molar-refractivity contribution in [3.05, 3.63) is 52.1 Å². The molecular formula is C20H27N5O2. The fraction of sp³-hybridized carbons (Fsp3) is 0.450. The van der Waals surface area contributed by atoms with Gasteiger partial charge in [-0.3, -0.25) is 10.1 Å². The highest BCUT2D eigenvalue weighted by molar-refractivity contribution is 5.68. The molecule has 0 spiro atoms. The zero-order valence-electron chi connectivity index (χ0n) is 16.1. The van der Waals surface area contributed by atoms with Crippen molar-refractivity contribution in [3.63, 3.8) is 0 Å². The second-order valence-corrected chi connectivity index (χ2v) is 8.07. The summed E-state index contributed by atoms with van der Waals surface area (Å²) < 4.78 is 0. The smallest absolute Gasteiger partial charge is 0.311 e. The SMILES string of the molecule is CC(C)(C)c1ccc(Nc2nc(N3CCC(N)CC3)ccc2[N+](=O)[O-])cc1. The van der Waals surface area contributed by atoms with E-state index in [4.69, 9.17) is 5.73 Å². The lowest BCUT2D eigenvalue weighted by molar-refractivity contribution is -0.384. The Labute approximate surface area is 159 Å². The van der Waals surface area contributed by atoms with Gasteiger partial charge in [0.1, 0.15) is 5.82 Å². The number of nitro groups is 1. The van der Waals surface area contributed by atoms with Gasteiger partial charge in [0.25, 0.3) is 0 Å². The fourth-order valence-electron chi connectivity index (χ4n) is 3.18. The third-order valence-electron chi connectivity index (χ3n) is 4.93. The molecule has 2 aromatic rings. The van der Waals surface area contributed by atoms with Crippen molar-refractivity contribution in [2.75, 3.05) is 23.3 Å². The highest BCUT2D eigenvalue weighted by atomic mass is 16.6. The summed E-state index contributed by atoms with van der Waals surface area (Å²) in [5, 5.41) is 14.5. The van der Waals surface area contributed by atoms with Gasteiger partial charge in [0.2, 0.25) is 5.82 Å². The summed E-state index contributed by atoms with van der Waals surface area (Å²) in [6.07, 6.45) is 1.80. The maximum Gasteiger partial charge on any atom is 0.311 e. The van der Waals surface area contributed by atoms with E-state index >= 15 is 0 Å². The molecule has 7 nitrogen and oxygen atoms in total. The maximum atomic E-state index is 11.4. The first-order valence-electron chi connectivity index (χ1n) is 9.27. The first-order valence-corrected chi connectivity index (χ1v) is 9.27. The van der Waals surface area contributed by atoms with Gasteiger partial charge in [0.05, 0.1) is 4.92 Å². The maximum absolute atomic E-state index is 11.4. The number of anilines is 3. The molecule has 1 fully saturated rings. The zero-order chi connectivity index (χ0) is 19.6. The van der Waals surface area contributed by atoms with Crippen molar-refractivity contribution in [3.8, 4) is 0 Å². The van der Waals surface area contributed by atoms with Crippen LogP contribution >= 0.6 is 0 Å². The van der Waals surface area contributed by atoms with E-state index in [-0.39, 0.29) is 23.0 Å². The Balaban J connectivity index is 1.86. The Kier molecular flexibility index (Phi) is 5.32. The lowest BCUT2D eigenvalue weighted by Gasteiger charge is -2.31. The van der Waals surface area contributed by atoms with Gasteiger partial charge in [0, 0.05) is 30.9 Å². The van der Waals surface area contributed by atoms with E-state index in [0.717, 1.165) is 37.4 Å². The van der Waals surface area contributed by atoms with E-state index in [1.165, 1.54) is 11.6 Å². The minimum Gasteiger partial charge on any atom is -0.356 e. The lowest BCUT2D eigenvalue weighted by Crippen LogP contribution is -2.40. The molecule has 27 heavy (non-hydrogen) atoms. The molecule has 0 amide bonds. The Morgan fingerprint density at radius 2 is 1.78 bits per heavy atom. The molecule has 7 heteroatoms. The third kappa shape index (κ3) is 4.54. The number of piperidine rings is 1. The average Bonchev–Trinajstić information content (AvgIpc) is 2.62. The minimum absolute atomic E-state index is 0.0349. The first-order chi connectivity index (χ1) is 12.7.